The lowest BCUT2D eigenvalue weighted by Gasteiger charge is -2.13. The van der Waals surface area contributed by atoms with Gasteiger partial charge in [0.2, 0.25) is 0 Å². The number of rotatable bonds is 4. The Morgan fingerprint density at radius 1 is 0.793 bits per heavy atom. The summed E-state index contributed by atoms with van der Waals surface area (Å²) >= 11 is 0. The number of hydrazone groups is 1. The number of benzene rings is 3. The number of urea groups is 2. The van der Waals surface area contributed by atoms with E-state index in [-0.39, 0.29) is 0 Å². The number of nitrogens with one attached hydrogen (secondary N) is 1. The Kier molecular flexibility index (Phi) is 4.83. The van der Waals surface area contributed by atoms with E-state index >= 15 is 0 Å². The lowest BCUT2D eigenvalue weighted by atomic mass is 10.0. The van der Waals surface area contributed by atoms with Crippen LogP contribution in [0.4, 0.5) is 21.0 Å². The van der Waals surface area contributed by atoms with Gasteiger partial charge in [0, 0.05) is 30.9 Å². The zero-order chi connectivity index (χ0) is 20.4. The summed E-state index contributed by atoms with van der Waals surface area (Å²) in [4.78, 5) is 29.0. The number of hydrogen-bond acceptors (Lipinski definition) is 3. The van der Waals surface area contributed by atoms with Crippen LogP contribution in [0.25, 0.3) is 0 Å². The highest BCUT2D eigenvalue weighted by Crippen LogP contribution is 2.21. The van der Waals surface area contributed by atoms with Gasteiger partial charge in [-0.25, -0.2) is 4.79 Å². The zero-order valence-corrected chi connectivity index (χ0v) is 16.2. The highest BCUT2D eigenvalue weighted by molar-refractivity contribution is 6.18. The molecule has 4 amide bonds. The highest BCUT2D eigenvalue weighted by Gasteiger charge is 2.46. The maximum atomic E-state index is 13.2. The minimum atomic E-state index is -0.487. The number of para-hydroxylation sites is 1. The fraction of sp³-hybridized carbons (Fsp3) is 0.0870. The van der Waals surface area contributed by atoms with Crippen molar-refractivity contribution in [3.05, 3.63) is 96.1 Å². The Morgan fingerprint density at radius 3 is 1.93 bits per heavy atom. The van der Waals surface area contributed by atoms with Crippen LogP contribution in [-0.2, 0) is 0 Å². The molecule has 3 aromatic rings. The summed E-state index contributed by atoms with van der Waals surface area (Å²) in [6.45, 7) is 0. The molecular weight excluding hydrogens is 364 g/mol. The van der Waals surface area contributed by atoms with Crippen LogP contribution in [-0.4, -0.2) is 36.6 Å². The van der Waals surface area contributed by atoms with E-state index in [0.717, 1.165) is 21.7 Å². The van der Waals surface area contributed by atoms with E-state index in [1.165, 1.54) is 4.68 Å². The first-order valence-electron chi connectivity index (χ1n) is 9.26. The second-order valence-electron chi connectivity index (χ2n) is 6.86. The van der Waals surface area contributed by atoms with E-state index in [2.05, 4.69) is 5.43 Å². The lowest BCUT2D eigenvalue weighted by Crippen LogP contribution is -2.33. The van der Waals surface area contributed by atoms with Crippen molar-refractivity contribution in [3.8, 4) is 0 Å². The van der Waals surface area contributed by atoms with Gasteiger partial charge in [-0.2, -0.15) is 4.79 Å². The molecule has 0 aromatic heterocycles. The highest BCUT2D eigenvalue weighted by atomic mass is 16.2. The van der Waals surface area contributed by atoms with Gasteiger partial charge in [-0.3, -0.25) is 0 Å². The molecule has 3 aromatic carbocycles. The monoisotopic (exact) mass is 385 g/mol. The van der Waals surface area contributed by atoms with Crippen LogP contribution in [0.5, 0.6) is 0 Å². The van der Waals surface area contributed by atoms with E-state index in [9.17, 15) is 9.59 Å². The number of carbonyl (C=O) groups excluding carboxylic acids is 2. The maximum Gasteiger partial charge on any atom is 0.532 e. The number of carbonyl (C=O) groups is 2. The van der Waals surface area contributed by atoms with Crippen LogP contribution in [0.2, 0.25) is 0 Å². The normalized spacial score (nSPS) is 15.3. The van der Waals surface area contributed by atoms with Gasteiger partial charge >= 0.3 is 12.1 Å². The average molecular weight is 385 g/mol. The van der Waals surface area contributed by atoms with Crippen molar-refractivity contribution >= 4 is 29.1 Å². The molecule has 1 heterocycles. The third kappa shape index (κ3) is 3.48. The standard InChI is InChI=1S/C23H20N4O2/c1-25(2)19-15-13-18(14-16-19)21(17-9-5-3-6-10-17)27-23(29)26(22(28)24-27)20-11-7-4-8-12-20/h3-16H,1-2H3/p+1. The molecule has 4 rings (SSSR count). The number of hydrazine groups is 1. The second kappa shape index (κ2) is 7.59. The van der Waals surface area contributed by atoms with Gasteiger partial charge in [0.15, 0.2) is 5.71 Å². The van der Waals surface area contributed by atoms with Gasteiger partial charge in [0.1, 0.15) is 5.69 Å². The van der Waals surface area contributed by atoms with Crippen molar-refractivity contribution in [1.29, 1.82) is 0 Å². The molecule has 6 nitrogen and oxygen atoms in total. The fourth-order valence-electron chi connectivity index (χ4n) is 3.27. The first kappa shape index (κ1) is 18.4. The first-order valence-corrected chi connectivity index (χ1v) is 9.26. The molecule has 29 heavy (non-hydrogen) atoms. The first-order chi connectivity index (χ1) is 14.1. The summed E-state index contributed by atoms with van der Waals surface area (Å²) in [7, 11) is 3.94. The molecular formula is C23H21N4O2+. The SMILES string of the molecule is CN(C)c1ccc(/C(c2ccccc2)=[N+]2\NC(=O)N(c3ccccc3)C2=O)cc1. The third-order valence-corrected chi connectivity index (χ3v) is 4.74. The van der Waals surface area contributed by atoms with E-state index in [4.69, 9.17) is 0 Å². The molecule has 1 saturated heterocycles. The summed E-state index contributed by atoms with van der Waals surface area (Å²) < 4.78 is 1.31. The summed E-state index contributed by atoms with van der Waals surface area (Å²) in [5.74, 6) is 0. The molecule has 1 aliphatic heterocycles. The van der Waals surface area contributed by atoms with Crippen LogP contribution >= 0.6 is 0 Å². The van der Waals surface area contributed by atoms with Gasteiger partial charge in [-0.1, -0.05) is 53.2 Å². The van der Waals surface area contributed by atoms with Gasteiger partial charge < -0.3 is 4.90 Å². The Balaban J connectivity index is 1.86. The Morgan fingerprint density at radius 2 is 1.34 bits per heavy atom. The molecule has 6 heteroatoms. The van der Waals surface area contributed by atoms with Gasteiger partial charge in [0.05, 0.1) is 0 Å². The molecule has 1 N–H and O–H groups in total. The van der Waals surface area contributed by atoms with E-state index in [1.54, 1.807) is 24.3 Å². The number of nitrogens with zero attached hydrogens (tertiary/aromatic N) is 3. The number of hydrogen-bond donors (Lipinski definition) is 1. The minimum Gasteiger partial charge on any atom is -0.378 e. The van der Waals surface area contributed by atoms with Gasteiger partial charge in [0.25, 0.3) is 0 Å². The third-order valence-electron chi connectivity index (χ3n) is 4.74. The predicted octanol–water partition coefficient (Wildman–Crippen LogP) is 3.87. The average Bonchev–Trinajstić information content (AvgIpc) is 3.04. The summed E-state index contributed by atoms with van der Waals surface area (Å²) in [5, 5.41) is 0. The van der Waals surface area contributed by atoms with Crippen molar-refractivity contribution in [3.63, 3.8) is 0 Å². The molecule has 0 spiro atoms. The number of imide groups is 1. The van der Waals surface area contributed by atoms with Crippen molar-refractivity contribution < 1.29 is 14.3 Å². The van der Waals surface area contributed by atoms with E-state index < -0.39 is 12.1 Å². The summed E-state index contributed by atoms with van der Waals surface area (Å²) in [6, 6.07) is 25.4. The Hall–Kier alpha value is -3.93. The molecule has 0 saturated carbocycles. The molecule has 0 bridgehead atoms. The fourth-order valence-corrected chi connectivity index (χ4v) is 3.27. The molecule has 1 aliphatic rings. The molecule has 1 fully saturated rings. The van der Waals surface area contributed by atoms with Crippen molar-refractivity contribution in [2.45, 2.75) is 0 Å². The maximum absolute atomic E-state index is 13.2. The van der Waals surface area contributed by atoms with Crippen LogP contribution in [0.15, 0.2) is 84.9 Å². The molecule has 0 atom stereocenters. The van der Waals surface area contributed by atoms with E-state index in [1.807, 2.05) is 79.7 Å². The van der Waals surface area contributed by atoms with E-state index in [0.29, 0.717) is 11.4 Å². The molecule has 144 valence electrons. The Labute approximate surface area is 169 Å². The van der Waals surface area contributed by atoms with Crippen LogP contribution in [0.3, 0.4) is 0 Å². The zero-order valence-electron chi connectivity index (χ0n) is 16.2. The lowest BCUT2D eigenvalue weighted by molar-refractivity contribution is -0.462. The van der Waals surface area contributed by atoms with Gasteiger partial charge in [-0.05, 0) is 36.4 Å². The smallest absolute Gasteiger partial charge is 0.378 e. The number of anilines is 2. The van der Waals surface area contributed by atoms with Crippen molar-refractivity contribution in [2.75, 3.05) is 23.9 Å². The topological polar surface area (TPSA) is 55.7 Å². The molecule has 0 aliphatic carbocycles. The largest absolute Gasteiger partial charge is 0.532 e. The summed E-state index contributed by atoms with van der Waals surface area (Å²) in [5.41, 5.74) is 6.55. The molecule has 0 unspecified atom stereocenters. The predicted molar refractivity (Wildman–Crippen MR) is 114 cm³/mol. The van der Waals surface area contributed by atoms with Crippen LogP contribution in [0, 0.1) is 0 Å². The second-order valence-corrected chi connectivity index (χ2v) is 6.86. The van der Waals surface area contributed by atoms with Crippen LogP contribution in [0.1, 0.15) is 11.1 Å². The van der Waals surface area contributed by atoms with Crippen LogP contribution < -0.4 is 15.2 Å². The number of amides is 4. The quantitative estimate of drug-likeness (QED) is 0.694. The van der Waals surface area contributed by atoms with Crippen molar-refractivity contribution in [1.82, 2.24) is 5.43 Å². The Bertz CT molecular complexity index is 1070. The molecule has 0 radical (unpaired) electrons. The minimum absolute atomic E-state index is 0.447. The van der Waals surface area contributed by atoms with Crippen molar-refractivity contribution in [2.24, 2.45) is 0 Å². The van der Waals surface area contributed by atoms with Gasteiger partial charge in [-0.15, -0.1) is 10.3 Å². The summed E-state index contributed by atoms with van der Waals surface area (Å²) in [6.07, 6.45) is 0.